The van der Waals surface area contributed by atoms with E-state index in [9.17, 15) is 9.18 Å². The van der Waals surface area contributed by atoms with Gasteiger partial charge in [-0.15, -0.1) is 11.3 Å². The first-order valence-corrected chi connectivity index (χ1v) is 6.74. The molecule has 6 heteroatoms. The highest BCUT2D eigenvalue weighted by molar-refractivity contribution is 7.18. The molecule has 1 aromatic heterocycles. The Bertz CT molecular complexity index is 607. The van der Waals surface area contributed by atoms with E-state index in [1.165, 1.54) is 18.2 Å². The number of nitrogens with two attached hydrogens (primary N) is 1. The molecule has 100 valence electrons. The first-order valence-electron chi connectivity index (χ1n) is 5.55. The number of hydrogen-bond donors (Lipinski definition) is 1. The maximum Gasteiger partial charge on any atom is 0.350 e. The van der Waals surface area contributed by atoms with Gasteiger partial charge in [0.05, 0.1) is 17.3 Å². The molecule has 0 fully saturated rings. The van der Waals surface area contributed by atoms with E-state index in [2.05, 4.69) is 0 Å². The van der Waals surface area contributed by atoms with Crippen LogP contribution in [-0.2, 0) is 4.74 Å². The molecule has 0 amide bonds. The SMILES string of the molecule is CCOC(=O)c1sc(-c2c(F)cccc2Cl)cc1N. The summed E-state index contributed by atoms with van der Waals surface area (Å²) in [6.45, 7) is 1.96. The fourth-order valence-electron chi connectivity index (χ4n) is 1.62. The van der Waals surface area contributed by atoms with Crippen molar-refractivity contribution in [1.82, 2.24) is 0 Å². The van der Waals surface area contributed by atoms with Gasteiger partial charge in [0.15, 0.2) is 0 Å². The number of benzene rings is 1. The van der Waals surface area contributed by atoms with Crippen LogP contribution in [-0.4, -0.2) is 12.6 Å². The van der Waals surface area contributed by atoms with Crippen molar-refractivity contribution in [3.05, 3.63) is 40.0 Å². The number of thiophene rings is 1. The Morgan fingerprint density at radius 3 is 2.89 bits per heavy atom. The number of nitrogen functional groups attached to an aromatic ring is 1. The molecular formula is C13H11ClFNO2S. The molecule has 2 aromatic rings. The van der Waals surface area contributed by atoms with Crippen LogP contribution in [0.15, 0.2) is 24.3 Å². The van der Waals surface area contributed by atoms with Crippen molar-refractivity contribution in [1.29, 1.82) is 0 Å². The normalized spacial score (nSPS) is 10.5. The van der Waals surface area contributed by atoms with Gasteiger partial charge >= 0.3 is 5.97 Å². The number of anilines is 1. The van der Waals surface area contributed by atoms with Crippen LogP contribution < -0.4 is 5.73 Å². The van der Waals surface area contributed by atoms with Crippen LogP contribution in [0.3, 0.4) is 0 Å². The number of rotatable bonds is 3. The summed E-state index contributed by atoms with van der Waals surface area (Å²) in [5.41, 5.74) is 6.26. The Kier molecular flexibility index (Phi) is 4.07. The average Bonchev–Trinajstić information content (AvgIpc) is 2.71. The summed E-state index contributed by atoms with van der Waals surface area (Å²) in [7, 11) is 0. The molecule has 0 aliphatic heterocycles. The van der Waals surface area contributed by atoms with Crippen LogP contribution >= 0.6 is 22.9 Å². The molecule has 0 unspecified atom stereocenters. The van der Waals surface area contributed by atoms with Gasteiger partial charge in [-0.2, -0.15) is 0 Å². The van der Waals surface area contributed by atoms with Crippen LogP contribution in [0.5, 0.6) is 0 Å². The molecule has 3 nitrogen and oxygen atoms in total. The summed E-state index contributed by atoms with van der Waals surface area (Å²) in [6.07, 6.45) is 0. The quantitative estimate of drug-likeness (QED) is 0.873. The predicted molar refractivity (Wildman–Crippen MR) is 75.1 cm³/mol. The molecule has 0 aliphatic rings. The van der Waals surface area contributed by atoms with Gasteiger partial charge in [-0.25, -0.2) is 9.18 Å². The highest BCUT2D eigenvalue weighted by Gasteiger charge is 2.19. The second-order valence-corrected chi connectivity index (χ2v) is 5.17. The molecule has 0 saturated carbocycles. The fourth-order valence-corrected chi connectivity index (χ4v) is 2.97. The van der Waals surface area contributed by atoms with Crippen molar-refractivity contribution < 1.29 is 13.9 Å². The third kappa shape index (κ3) is 2.72. The lowest BCUT2D eigenvalue weighted by atomic mass is 10.1. The van der Waals surface area contributed by atoms with Crippen molar-refractivity contribution in [3.8, 4) is 10.4 Å². The van der Waals surface area contributed by atoms with Crippen molar-refractivity contribution in [2.45, 2.75) is 6.92 Å². The highest BCUT2D eigenvalue weighted by atomic mass is 35.5. The number of carbonyl (C=O) groups is 1. The van der Waals surface area contributed by atoms with E-state index in [0.29, 0.717) is 4.88 Å². The molecule has 2 rings (SSSR count). The molecule has 0 radical (unpaired) electrons. The van der Waals surface area contributed by atoms with Gasteiger partial charge in [-0.05, 0) is 25.1 Å². The number of esters is 1. The molecule has 19 heavy (non-hydrogen) atoms. The van der Waals surface area contributed by atoms with Crippen molar-refractivity contribution >= 4 is 34.6 Å². The Balaban J connectivity index is 2.48. The van der Waals surface area contributed by atoms with Gasteiger partial charge in [0, 0.05) is 10.4 Å². The zero-order valence-electron chi connectivity index (χ0n) is 10.1. The molecule has 0 spiro atoms. The van der Waals surface area contributed by atoms with Gasteiger partial charge in [0.2, 0.25) is 0 Å². The summed E-state index contributed by atoms with van der Waals surface area (Å²) in [5, 5.41) is 0.275. The van der Waals surface area contributed by atoms with E-state index >= 15 is 0 Å². The second kappa shape index (κ2) is 5.59. The molecule has 1 aromatic carbocycles. The van der Waals surface area contributed by atoms with E-state index in [1.54, 1.807) is 13.0 Å². The number of halogens is 2. The Morgan fingerprint density at radius 1 is 1.53 bits per heavy atom. The summed E-state index contributed by atoms with van der Waals surface area (Å²) in [6, 6.07) is 5.94. The molecule has 1 heterocycles. The Morgan fingerprint density at radius 2 is 2.26 bits per heavy atom. The number of ether oxygens (including phenoxy) is 1. The molecule has 0 bridgehead atoms. The van der Waals surface area contributed by atoms with Crippen LogP contribution in [0, 0.1) is 5.82 Å². The zero-order valence-corrected chi connectivity index (χ0v) is 11.6. The van der Waals surface area contributed by atoms with Gasteiger partial charge in [0.25, 0.3) is 0 Å². The maximum atomic E-state index is 13.8. The second-order valence-electron chi connectivity index (χ2n) is 3.71. The van der Waals surface area contributed by atoms with Crippen LogP contribution in [0.1, 0.15) is 16.6 Å². The highest BCUT2D eigenvalue weighted by Crippen LogP contribution is 2.38. The standard InChI is InChI=1S/C13H11ClFNO2S/c1-2-18-13(17)12-9(16)6-10(19-12)11-7(14)4-3-5-8(11)15/h3-6H,2,16H2,1H3. The minimum absolute atomic E-state index is 0.247. The number of carbonyl (C=O) groups excluding carboxylic acids is 1. The largest absolute Gasteiger partial charge is 0.462 e. The minimum atomic E-state index is -0.510. The predicted octanol–water partition coefficient (Wildman–Crippen LogP) is 3.97. The van der Waals surface area contributed by atoms with E-state index in [1.807, 2.05) is 0 Å². The molecule has 2 N–H and O–H groups in total. The molecule has 0 saturated heterocycles. The average molecular weight is 300 g/mol. The molecular weight excluding hydrogens is 289 g/mol. The topological polar surface area (TPSA) is 52.3 Å². The van der Waals surface area contributed by atoms with E-state index in [4.69, 9.17) is 22.1 Å². The first kappa shape index (κ1) is 13.8. The Labute approximate surface area is 118 Å². The first-order chi connectivity index (χ1) is 9.04. The van der Waals surface area contributed by atoms with Gasteiger partial charge in [-0.1, -0.05) is 17.7 Å². The lowest BCUT2D eigenvalue weighted by Crippen LogP contribution is -2.04. The lowest BCUT2D eigenvalue weighted by Gasteiger charge is -2.02. The van der Waals surface area contributed by atoms with Crippen molar-refractivity contribution in [2.24, 2.45) is 0 Å². The van der Waals surface area contributed by atoms with Gasteiger partial charge in [0.1, 0.15) is 10.7 Å². The maximum absolute atomic E-state index is 13.8. The van der Waals surface area contributed by atoms with Gasteiger partial charge < -0.3 is 10.5 Å². The number of hydrogen-bond acceptors (Lipinski definition) is 4. The summed E-state index contributed by atoms with van der Waals surface area (Å²) >= 11 is 7.04. The monoisotopic (exact) mass is 299 g/mol. The van der Waals surface area contributed by atoms with E-state index < -0.39 is 11.8 Å². The van der Waals surface area contributed by atoms with E-state index in [-0.39, 0.29) is 27.8 Å². The van der Waals surface area contributed by atoms with Crippen LogP contribution in [0.25, 0.3) is 10.4 Å². The van der Waals surface area contributed by atoms with Crippen molar-refractivity contribution in [2.75, 3.05) is 12.3 Å². The minimum Gasteiger partial charge on any atom is -0.462 e. The zero-order chi connectivity index (χ0) is 14.0. The third-order valence-electron chi connectivity index (χ3n) is 2.43. The summed E-state index contributed by atoms with van der Waals surface area (Å²) in [5.74, 6) is -0.965. The summed E-state index contributed by atoms with van der Waals surface area (Å²) < 4.78 is 18.7. The summed E-state index contributed by atoms with van der Waals surface area (Å²) in [4.78, 5) is 12.4. The fraction of sp³-hybridized carbons (Fsp3) is 0.154. The van der Waals surface area contributed by atoms with Crippen LogP contribution in [0.2, 0.25) is 5.02 Å². The van der Waals surface area contributed by atoms with Crippen molar-refractivity contribution in [3.63, 3.8) is 0 Å². The van der Waals surface area contributed by atoms with Gasteiger partial charge in [-0.3, -0.25) is 0 Å². The third-order valence-corrected chi connectivity index (χ3v) is 3.89. The Hall–Kier alpha value is -1.59. The van der Waals surface area contributed by atoms with E-state index in [0.717, 1.165) is 11.3 Å². The smallest absolute Gasteiger partial charge is 0.350 e. The molecule has 0 atom stereocenters. The van der Waals surface area contributed by atoms with Crippen LogP contribution in [0.4, 0.5) is 10.1 Å². The molecule has 0 aliphatic carbocycles. The lowest BCUT2D eigenvalue weighted by molar-refractivity contribution is 0.0533.